The van der Waals surface area contributed by atoms with Gasteiger partial charge in [0.2, 0.25) is 0 Å². The summed E-state index contributed by atoms with van der Waals surface area (Å²) in [7, 11) is 0. The predicted molar refractivity (Wildman–Crippen MR) is 49.1 cm³/mol. The van der Waals surface area contributed by atoms with Crippen LogP contribution >= 0.6 is 0 Å². The second-order valence-corrected chi connectivity index (χ2v) is 3.22. The number of nitrogens with zero attached hydrogens (tertiary/aromatic N) is 2. The van der Waals surface area contributed by atoms with Crippen molar-refractivity contribution in [1.29, 1.82) is 0 Å². The zero-order valence-electron chi connectivity index (χ0n) is 7.08. The number of aromatic amines is 1. The van der Waals surface area contributed by atoms with Crippen LogP contribution in [-0.4, -0.2) is 23.3 Å². The summed E-state index contributed by atoms with van der Waals surface area (Å²) in [5.74, 6) is 0.692. The van der Waals surface area contributed by atoms with Gasteiger partial charge in [-0.05, 0) is 19.3 Å². The van der Waals surface area contributed by atoms with E-state index in [2.05, 4.69) is 15.1 Å². The molecule has 0 unspecified atom stereocenters. The van der Waals surface area contributed by atoms with E-state index in [1.165, 1.54) is 19.3 Å². The molecule has 0 radical (unpaired) electrons. The van der Waals surface area contributed by atoms with Gasteiger partial charge in [-0.3, -0.25) is 5.10 Å². The summed E-state index contributed by atoms with van der Waals surface area (Å²) in [5, 5.41) is 6.66. The number of hydrogen-bond acceptors (Lipinski definition) is 3. The van der Waals surface area contributed by atoms with Gasteiger partial charge >= 0.3 is 0 Å². The van der Waals surface area contributed by atoms with Gasteiger partial charge in [0, 0.05) is 13.1 Å². The zero-order valence-corrected chi connectivity index (χ0v) is 7.08. The minimum atomic E-state index is 0.692. The average Bonchev–Trinajstić information content (AvgIpc) is 2.53. The highest BCUT2D eigenvalue weighted by molar-refractivity contribution is 5.62. The van der Waals surface area contributed by atoms with E-state index in [0.717, 1.165) is 18.8 Å². The molecule has 1 aliphatic rings. The van der Waals surface area contributed by atoms with Crippen molar-refractivity contribution in [1.82, 2.24) is 10.2 Å². The lowest BCUT2D eigenvalue weighted by molar-refractivity contribution is 0.578. The van der Waals surface area contributed by atoms with Gasteiger partial charge < -0.3 is 10.6 Å². The van der Waals surface area contributed by atoms with E-state index in [4.69, 9.17) is 5.73 Å². The van der Waals surface area contributed by atoms with Crippen LogP contribution < -0.4 is 10.6 Å². The maximum absolute atomic E-state index is 5.71. The van der Waals surface area contributed by atoms with E-state index in [-0.39, 0.29) is 0 Å². The predicted octanol–water partition coefficient (Wildman–Crippen LogP) is 0.982. The van der Waals surface area contributed by atoms with Crippen molar-refractivity contribution >= 4 is 11.5 Å². The summed E-state index contributed by atoms with van der Waals surface area (Å²) in [6.07, 6.45) is 5.68. The van der Waals surface area contributed by atoms with Crippen LogP contribution in [0.4, 0.5) is 11.5 Å². The highest BCUT2D eigenvalue weighted by atomic mass is 15.2. The number of anilines is 2. The molecule has 4 heteroatoms. The Morgan fingerprint density at radius 1 is 1.33 bits per heavy atom. The summed E-state index contributed by atoms with van der Waals surface area (Å²) in [5.41, 5.74) is 6.78. The topological polar surface area (TPSA) is 57.9 Å². The van der Waals surface area contributed by atoms with Gasteiger partial charge in [0.25, 0.3) is 0 Å². The van der Waals surface area contributed by atoms with Crippen molar-refractivity contribution in [2.45, 2.75) is 19.3 Å². The zero-order chi connectivity index (χ0) is 8.39. The van der Waals surface area contributed by atoms with Crippen molar-refractivity contribution in [2.24, 2.45) is 0 Å². The molecule has 2 heterocycles. The molecular formula is C8H14N4. The van der Waals surface area contributed by atoms with Gasteiger partial charge in [-0.2, -0.15) is 5.10 Å². The molecule has 0 aromatic carbocycles. The van der Waals surface area contributed by atoms with Gasteiger partial charge in [0.1, 0.15) is 5.82 Å². The van der Waals surface area contributed by atoms with Gasteiger partial charge in [-0.25, -0.2) is 0 Å². The van der Waals surface area contributed by atoms with Gasteiger partial charge in [-0.1, -0.05) is 0 Å². The number of nitrogens with one attached hydrogen (secondary N) is 1. The maximum atomic E-state index is 5.71. The molecular weight excluding hydrogens is 152 g/mol. The number of nitrogen functional groups attached to an aromatic ring is 1. The van der Waals surface area contributed by atoms with Gasteiger partial charge in [0.15, 0.2) is 0 Å². The normalized spacial score (nSPS) is 18.2. The Hall–Kier alpha value is -1.19. The number of rotatable bonds is 1. The Kier molecular flexibility index (Phi) is 1.89. The SMILES string of the molecule is Nc1[nH]ncc1N1CCCCC1. The van der Waals surface area contributed by atoms with E-state index >= 15 is 0 Å². The summed E-state index contributed by atoms with van der Waals surface area (Å²) in [6.45, 7) is 2.23. The van der Waals surface area contributed by atoms with E-state index in [1.54, 1.807) is 6.20 Å². The van der Waals surface area contributed by atoms with Crippen LogP contribution in [0.15, 0.2) is 6.20 Å². The molecule has 2 rings (SSSR count). The van der Waals surface area contributed by atoms with Crippen LogP contribution in [0.5, 0.6) is 0 Å². The third-order valence-electron chi connectivity index (χ3n) is 2.34. The van der Waals surface area contributed by atoms with E-state index in [1.807, 2.05) is 0 Å². The lowest BCUT2D eigenvalue weighted by Crippen LogP contribution is -2.29. The van der Waals surface area contributed by atoms with E-state index < -0.39 is 0 Å². The van der Waals surface area contributed by atoms with Crippen LogP contribution in [0.1, 0.15) is 19.3 Å². The second kappa shape index (κ2) is 3.05. The number of H-pyrrole nitrogens is 1. The molecule has 66 valence electrons. The maximum Gasteiger partial charge on any atom is 0.142 e. The molecule has 1 aromatic rings. The fourth-order valence-corrected chi connectivity index (χ4v) is 1.68. The first-order chi connectivity index (χ1) is 5.88. The summed E-state index contributed by atoms with van der Waals surface area (Å²) in [6, 6.07) is 0. The quantitative estimate of drug-likeness (QED) is 0.654. The fourth-order valence-electron chi connectivity index (χ4n) is 1.68. The van der Waals surface area contributed by atoms with Gasteiger partial charge in [-0.15, -0.1) is 0 Å². The Bertz CT molecular complexity index is 249. The molecule has 1 saturated heterocycles. The molecule has 0 atom stereocenters. The largest absolute Gasteiger partial charge is 0.382 e. The number of aromatic nitrogens is 2. The second-order valence-electron chi connectivity index (χ2n) is 3.22. The summed E-state index contributed by atoms with van der Waals surface area (Å²) >= 11 is 0. The van der Waals surface area contributed by atoms with Crippen LogP contribution in [-0.2, 0) is 0 Å². The highest BCUT2D eigenvalue weighted by Gasteiger charge is 2.13. The molecule has 0 saturated carbocycles. The van der Waals surface area contributed by atoms with Crippen LogP contribution in [0, 0.1) is 0 Å². The molecule has 1 fully saturated rings. The van der Waals surface area contributed by atoms with Crippen molar-refractivity contribution < 1.29 is 0 Å². The molecule has 0 bridgehead atoms. The van der Waals surface area contributed by atoms with Crippen molar-refractivity contribution in [2.75, 3.05) is 23.7 Å². The highest BCUT2D eigenvalue weighted by Crippen LogP contribution is 2.23. The third-order valence-corrected chi connectivity index (χ3v) is 2.34. The summed E-state index contributed by atoms with van der Waals surface area (Å²) < 4.78 is 0. The monoisotopic (exact) mass is 166 g/mol. The first kappa shape index (κ1) is 7.46. The van der Waals surface area contributed by atoms with Crippen LogP contribution in [0.3, 0.4) is 0 Å². The van der Waals surface area contributed by atoms with Crippen LogP contribution in [0.25, 0.3) is 0 Å². The Morgan fingerprint density at radius 2 is 2.08 bits per heavy atom. The van der Waals surface area contributed by atoms with Crippen molar-refractivity contribution in [3.8, 4) is 0 Å². The number of piperidine rings is 1. The first-order valence-electron chi connectivity index (χ1n) is 4.42. The standard InChI is InChI=1S/C8H14N4/c9-8-7(6-10-11-8)12-4-2-1-3-5-12/h6H,1-5H2,(H3,9,10,11). The fraction of sp³-hybridized carbons (Fsp3) is 0.625. The van der Waals surface area contributed by atoms with Gasteiger partial charge in [0.05, 0.1) is 11.9 Å². The molecule has 0 amide bonds. The lowest BCUT2D eigenvalue weighted by atomic mass is 10.1. The first-order valence-corrected chi connectivity index (χ1v) is 4.42. The molecule has 3 N–H and O–H groups in total. The molecule has 0 aliphatic carbocycles. The van der Waals surface area contributed by atoms with Crippen molar-refractivity contribution in [3.05, 3.63) is 6.20 Å². The number of hydrogen-bond donors (Lipinski definition) is 2. The molecule has 1 aromatic heterocycles. The molecule has 4 nitrogen and oxygen atoms in total. The van der Waals surface area contributed by atoms with Crippen LogP contribution in [0.2, 0.25) is 0 Å². The Morgan fingerprint density at radius 3 is 2.67 bits per heavy atom. The molecule has 1 aliphatic heterocycles. The molecule has 0 spiro atoms. The van der Waals surface area contributed by atoms with E-state index in [0.29, 0.717) is 5.82 Å². The lowest BCUT2D eigenvalue weighted by Gasteiger charge is -2.27. The smallest absolute Gasteiger partial charge is 0.142 e. The minimum Gasteiger partial charge on any atom is -0.382 e. The Balaban J connectivity index is 2.13. The van der Waals surface area contributed by atoms with E-state index in [9.17, 15) is 0 Å². The minimum absolute atomic E-state index is 0.692. The third kappa shape index (κ3) is 1.24. The molecule has 12 heavy (non-hydrogen) atoms. The summed E-state index contributed by atoms with van der Waals surface area (Å²) in [4.78, 5) is 2.29. The average molecular weight is 166 g/mol. The Labute approximate surface area is 71.7 Å². The number of nitrogens with two attached hydrogens (primary N) is 1. The van der Waals surface area contributed by atoms with Crippen molar-refractivity contribution in [3.63, 3.8) is 0 Å².